The Morgan fingerprint density at radius 2 is 1.94 bits per heavy atom. The van der Waals surface area contributed by atoms with Crippen LogP contribution in [0.25, 0.3) is 0 Å². The second kappa shape index (κ2) is 6.36. The molecule has 90 valence electrons. The molecule has 0 aliphatic rings. The fourth-order valence-corrected chi connectivity index (χ4v) is 3.32. The number of hydrogen-bond donors (Lipinski definition) is 0. The number of benzene rings is 1. The Balaban J connectivity index is 2.03. The molecule has 2 aromatic rings. The van der Waals surface area contributed by atoms with Gasteiger partial charge in [-0.2, -0.15) is 0 Å². The topological polar surface area (TPSA) is 0 Å². The van der Waals surface area contributed by atoms with Gasteiger partial charge < -0.3 is 0 Å². The third kappa shape index (κ3) is 3.68. The molecule has 0 fully saturated rings. The predicted molar refractivity (Wildman–Crippen MR) is 80.2 cm³/mol. The first kappa shape index (κ1) is 12.8. The summed E-state index contributed by atoms with van der Waals surface area (Å²) in [6, 6.07) is 13.1. The van der Waals surface area contributed by atoms with E-state index in [1.165, 1.54) is 22.4 Å². The van der Waals surface area contributed by atoms with E-state index in [2.05, 4.69) is 64.6 Å². The number of halogens is 1. The molecule has 0 spiro atoms. The van der Waals surface area contributed by atoms with E-state index in [0.29, 0.717) is 5.92 Å². The van der Waals surface area contributed by atoms with Gasteiger partial charge in [-0.05, 0) is 48.3 Å². The summed E-state index contributed by atoms with van der Waals surface area (Å²) in [5.74, 6) is 0.690. The van der Waals surface area contributed by atoms with Gasteiger partial charge in [0.15, 0.2) is 0 Å². The lowest BCUT2D eigenvalue weighted by Gasteiger charge is -2.14. The largest absolute Gasteiger partial charge is 0.149 e. The lowest BCUT2D eigenvalue weighted by atomic mass is 9.95. The summed E-state index contributed by atoms with van der Waals surface area (Å²) in [5, 5.41) is 3.23. The van der Waals surface area contributed by atoms with Crippen molar-refractivity contribution in [3.05, 3.63) is 57.8 Å². The second-order valence-corrected chi connectivity index (χ2v) is 6.11. The van der Waals surface area contributed by atoms with Crippen molar-refractivity contribution in [2.45, 2.75) is 19.8 Å². The van der Waals surface area contributed by atoms with Crippen molar-refractivity contribution in [2.24, 2.45) is 5.92 Å². The van der Waals surface area contributed by atoms with Crippen molar-refractivity contribution in [3.8, 4) is 0 Å². The van der Waals surface area contributed by atoms with Gasteiger partial charge in [-0.15, -0.1) is 11.3 Å². The van der Waals surface area contributed by atoms with Crippen LogP contribution in [0.5, 0.6) is 0 Å². The van der Waals surface area contributed by atoms with Crippen LogP contribution in [-0.4, -0.2) is 5.33 Å². The third-order valence-corrected chi connectivity index (χ3v) is 4.87. The Bertz CT molecular complexity index is 448. The minimum Gasteiger partial charge on any atom is -0.149 e. The van der Waals surface area contributed by atoms with E-state index in [4.69, 9.17) is 0 Å². The molecule has 1 aromatic carbocycles. The van der Waals surface area contributed by atoms with E-state index < -0.39 is 0 Å². The molecule has 0 saturated carbocycles. The predicted octanol–water partition coefficient (Wildman–Crippen LogP) is 4.85. The van der Waals surface area contributed by atoms with E-state index in [9.17, 15) is 0 Å². The maximum Gasteiger partial charge on any atom is 0.00663 e. The van der Waals surface area contributed by atoms with Crippen LogP contribution in [-0.2, 0) is 12.8 Å². The molecular weight excluding hydrogens is 292 g/mol. The van der Waals surface area contributed by atoms with E-state index in [0.717, 1.165) is 11.8 Å². The van der Waals surface area contributed by atoms with Crippen LogP contribution >= 0.6 is 27.3 Å². The number of rotatable bonds is 5. The van der Waals surface area contributed by atoms with Gasteiger partial charge in [-0.3, -0.25) is 0 Å². The first-order valence-electron chi connectivity index (χ1n) is 5.92. The highest BCUT2D eigenvalue weighted by Gasteiger charge is 2.11. The molecule has 1 unspecified atom stereocenters. The van der Waals surface area contributed by atoms with Crippen molar-refractivity contribution in [3.63, 3.8) is 0 Å². The third-order valence-electron chi connectivity index (χ3n) is 3.06. The van der Waals surface area contributed by atoms with Gasteiger partial charge in [0.25, 0.3) is 0 Å². The first-order valence-corrected chi connectivity index (χ1v) is 7.92. The molecule has 0 aliphatic carbocycles. The molecule has 0 aliphatic heterocycles. The Morgan fingerprint density at radius 1 is 1.12 bits per heavy atom. The molecule has 0 bridgehead atoms. The summed E-state index contributed by atoms with van der Waals surface area (Å²) in [6.07, 6.45) is 2.34. The Hall–Kier alpha value is -0.600. The Labute approximate surface area is 116 Å². The molecule has 2 heteroatoms. The molecule has 1 heterocycles. The Morgan fingerprint density at radius 3 is 2.59 bits per heavy atom. The van der Waals surface area contributed by atoms with Gasteiger partial charge in [0.05, 0.1) is 0 Å². The van der Waals surface area contributed by atoms with Gasteiger partial charge in [0.1, 0.15) is 0 Å². The SMILES string of the molecule is Cc1ccccc1CC(CBr)Cc1cccs1. The van der Waals surface area contributed by atoms with E-state index in [-0.39, 0.29) is 0 Å². The molecule has 0 radical (unpaired) electrons. The highest BCUT2D eigenvalue weighted by molar-refractivity contribution is 9.09. The maximum atomic E-state index is 3.65. The van der Waals surface area contributed by atoms with Crippen molar-refractivity contribution in [2.75, 3.05) is 5.33 Å². The zero-order valence-corrected chi connectivity index (χ0v) is 12.4. The van der Waals surface area contributed by atoms with Crippen LogP contribution in [0.15, 0.2) is 41.8 Å². The molecule has 0 nitrogen and oxygen atoms in total. The lowest BCUT2D eigenvalue weighted by Crippen LogP contribution is -2.10. The zero-order valence-electron chi connectivity index (χ0n) is 10.0. The van der Waals surface area contributed by atoms with Crippen molar-refractivity contribution >= 4 is 27.3 Å². The van der Waals surface area contributed by atoms with Crippen LogP contribution < -0.4 is 0 Å². The summed E-state index contributed by atoms with van der Waals surface area (Å²) in [7, 11) is 0. The molecule has 0 N–H and O–H groups in total. The monoisotopic (exact) mass is 308 g/mol. The van der Waals surface area contributed by atoms with Gasteiger partial charge >= 0.3 is 0 Å². The molecule has 1 aromatic heterocycles. The molecule has 17 heavy (non-hydrogen) atoms. The van der Waals surface area contributed by atoms with Gasteiger partial charge in [0, 0.05) is 10.2 Å². The maximum absolute atomic E-state index is 3.65. The summed E-state index contributed by atoms with van der Waals surface area (Å²) in [6.45, 7) is 2.20. The average Bonchev–Trinajstić information content (AvgIpc) is 2.84. The quantitative estimate of drug-likeness (QED) is 0.692. The number of thiophene rings is 1. The van der Waals surface area contributed by atoms with E-state index >= 15 is 0 Å². The summed E-state index contributed by atoms with van der Waals surface area (Å²) < 4.78 is 0. The highest BCUT2D eigenvalue weighted by atomic mass is 79.9. The van der Waals surface area contributed by atoms with Crippen molar-refractivity contribution in [1.29, 1.82) is 0 Å². The summed E-state index contributed by atoms with van der Waals surface area (Å²) >= 11 is 5.51. The van der Waals surface area contributed by atoms with Crippen LogP contribution in [0.3, 0.4) is 0 Å². The summed E-state index contributed by atoms with van der Waals surface area (Å²) in [4.78, 5) is 1.49. The van der Waals surface area contributed by atoms with E-state index in [1.54, 1.807) is 0 Å². The van der Waals surface area contributed by atoms with Crippen LogP contribution in [0, 0.1) is 12.8 Å². The normalized spacial score (nSPS) is 12.6. The highest BCUT2D eigenvalue weighted by Crippen LogP contribution is 2.21. The number of alkyl halides is 1. The van der Waals surface area contributed by atoms with Crippen LogP contribution in [0.4, 0.5) is 0 Å². The van der Waals surface area contributed by atoms with Crippen LogP contribution in [0.1, 0.15) is 16.0 Å². The van der Waals surface area contributed by atoms with Crippen molar-refractivity contribution in [1.82, 2.24) is 0 Å². The minimum absolute atomic E-state index is 0.690. The minimum atomic E-state index is 0.690. The Kier molecular flexibility index (Phi) is 4.81. The fourth-order valence-electron chi connectivity index (χ4n) is 2.04. The van der Waals surface area contributed by atoms with Gasteiger partial charge in [-0.1, -0.05) is 46.3 Å². The van der Waals surface area contributed by atoms with Gasteiger partial charge in [0.2, 0.25) is 0 Å². The lowest BCUT2D eigenvalue weighted by molar-refractivity contribution is 0.595. The summed E-state index contributed by atoms with van der Waals surface area (Å²) in [5.41, 5.74) is 2.89. The molecule has 1 atom stereocenters. The second-order valence-electron chi connectivity index (χ2n) is 4.43. The molecule has 0 amide bonds. The fraction of sp³-hybridized carbons (Fsp3) is 0.333. The smallest absolute Gasteiger partial charge is 0.00663 e. The van der Waals surface area contributed by atoms with Gasteiger partial charge in [-0.25, -0.2) is 0 Å². The molecule has 2 rings (SSSR count). The van der Waals surface area contributed by atoms with Crippen molar-refractivity contribution < 1.29 is 0 Å². The standard InChI is InChI=1S/C15H17BrS/c1-12-5-2-3-6-14(12)9-13(11-16)10-15-7-4-8-17-15/h2-8,13H,9-11H2,1H3. The first-order chi connectivity index (χ1) is 8.29. The average molecular weight is 309 g/mol. The van der Waals surface area contributed by atoms with E-state index in [1.807, 2.05) is 11.3 Å². The number of aryl methyl sites for hydroxylation is 1. The number of hydrogen-bond acceptors (Lipinski definition) is 1. The molecular formula is C15H17BrS. The van der Waals surface area contributed by atoms with Crippen LogP contribution in [0.2, 0.25) is 0 Å². The zero-order chi connectivity index (χ0) is 12.1. The molecule has 0 saturated heterocycles.